The number of hydrogen-bond acceptors (Lipinski definition) is 0. The molecule has 58 valence electrons. The van der Waals surface area contributed by atoms with Gasteiger partial charge in [0.15, 0.2) is 0 Å². The summed E-state index contributed by atoms with van der Waals surface area (Å²) in [6, 6.07) is 8.18. The number of aryl methyl sites for hydroxylation is 1. The molecule has 12 heavy (non-hydrogen) atoms. The van der Waals surface area contributed by atoms with Crippen molar-refractivity contribution in [3.8, 4) is 0 Å². The fraction of sp³-hybridized carbons (Fsp3) is 0.100. The zero-order chi connectivity index (χ0) is 8.55. The molecule has 0 atom stereocenters. The van der Waals surface area contributed by atoms with Crippen LogP contribution >= 0.6 is 0 Å². The van der Waals surface area contributed by atoms with Gasteiger partial charge in [0.25, 0.3) is 0 Å². The van der Waals surface area contributed by atoms with E-state index in [1.54, 1.807) is 0 Å². The van der Waals surface area contributed by atoms with E-state index in [9.17, 15) is 0 Å². The topological polar surface area (TPSA) is 4.36 Å². The van der Waals surface area contributed by atoms with Crippen molar-refractivity contribution in [3.63, 3.8) is 0 Å². The van der Waals surface area contributed by atoms with E-state index >= 15 is 0 Å². The molecule has 2 heteroatoms. The van der Waals surface area contributed by atoms with Gasteiger partial charge in [-0.2, -0.15) is 0 Å². The predicted octanol–water partition coefficient (Wildman–Crippen LogP) is 2.76. The van der Waals surface area contributed by atoms with Crippen LogP contribution in [0.25, 0.3) is 15.6 Å². The molecule has 0 fully saturated rings. The Bertz CT molecular complexity index is 462. The molecule has 0 spiro atoms. The van der Waals surface area contributed by atoms with E-state index < -0.39 is 0 Å². The predicted molar refractivity (Wildman–Crippen MR) is 51.9 cm³/mol. The molecule has 0 unspecified atom stereocenters. The van der Waals surface area contributed by atoms with Gasteiger partial charge in [-0.05, 0) is 0 Å². The van der Waals surface area contributed by atoms with Crippen LogP contribution in [0.4, 0.5) is 4.56 Å². The normalized spacial score (nSPS) is 10.0. The van der Waals surface area contributed by atoms with Crippen LogP contribution in [0.5, 0.6) is 0 Å². The van der Waals surface area contributed by atoms with E-state index in [-0.39, 0.29) is 14.5 Å². The second-order valence-corrected chi connectivity index (χ2v) is 5.15. The summed E-state index contributed by atoms with van der Waals surface area (Å²) in [7, 11) is 0. The maximum atomic E-state index is 7.01. The zero-order valence-electron chi connectivity index (χ0n) is 6.66. The summed E-state index contributed by atoms with van der Waals surface area (Å²) >= 11 is 0.283. The molecule has 0 aliphatic heterocycles. The van der Waals surface area contributed by atoms with Crippen LogP contribution in [-0.2, 0) is 0 Å². The fourth-order valence-electron chi connectivity index (χ4n) is 1.31. The third-order valence-corrected chi connectivity index (χ3v) is 4.05. The average molecular weight is 220 g/mol. The Labute approximate surface area is 77.2 Å². The van der Waals surface area contributed by atoms with E-state index in [4.69, 9.17) is 6.57 Å². The number of benzene rings is 1. The number of nitrogens with zero attached hydrogens (tertiary/aromatic N) is 1. The van der Waals surface area contributed by atoms with Gasteiger partial charge in [-0.15, -0.1) is 0 Å². The monoisotopic (exact) mass is 221 g/mol. The van der Waals surface area contributed by atoms with E-state index in [1.807, 2.05) is 18.2 Å². The van der Waals surface area contributed by atoms with Gasteiger partial charge in [0.2, 0.25) is 0 Å². The van der Waals surface area contributed by atoms with Crippen LogP contribution in [-0.4, -0.2) is 14.5 Å². The number of fused-ring (bicyclic) bond motifs is 1. The van der Waals surface area contributed by atoms with Gasteiger partial charge in [-0.25, -0.2) is 0 Å². The molecule has 0 radical (unpaired) electrons. The van der Waals surface area contributed by atoms with Crippen LogP contribution < -0.4 is 0 Å². The summed E-state index contributed by atoms with van der Waals surface area (Å²) in [5.74, 6) is 0. The molecule has 2 rings (SSSR count). The second-order valence-electron chi connectivity index (χ2n) is 2.62. The van der Waals surface area contributed by atoms with Crippen molar-refractivity contribution in [1.82, 2.24) is 0 Å². The van der Waals surface area contributed by atoms with Crippen LogP contribution in [0.15, 0.2) is 24.3 Å². The van der Waals surface area contributed by atoms with Crippen molar-refractivity contribution in [3.05, 3.63) is 40.1 Å². The molecule has 0 saturated carbocycles. The summed E-state index contributed by atoms with van der Waals surface area (Å²) in [6.07, 6.45) is 0. The Morgan fingerprint density at radius 2 is 1.92 bits per heavy atom. The molecule has 2 aromatic rings. The summed E-state index contributed by atoms with van der Waals surface area (Å²) in [6.45, 7) is 9.13. The fourth-order valence-corrected chi connectivity index (χ4v) is 3.23. The first kappa shape index (κ1) is 7.61. The number of hydrogen-bond donors (Lipinski definition) is 0. The molecule has 1 nitrogen and oxygen atoms in total. The quantitative estimate of drug-likeness (QED) is 0.475. The van der Waals surface area contributed by atoms with Gasteiger partial charge in [0.05, 0.1) is 0 Å². The Kier molecular flexibility index (Phi) is 1.77. The zero-order valence-corrected chi connectivity index (χ0v) is 8.38. The molecule has 0 aliphatic rings. The van der Waals surface area contributed by atoms with Gasteiger partial charge < -0.3 is 0 Å². The van der Waals surface area contributed by atoms with Crippen molar-refractivity contribution < 1.29 is 0 Å². The molecule has 0 bridgehead atoms. The molecule has 1 aromatic carbocycles. The van der Waals surface area contributed by atoms with Gasteiger partial charge in [-0.3, -0.25) is 0 Å². The van der Waals surface area contributed by atoms with E-state index in [0.717, 1.165) is 9.95 Å². The Morgan fingerprint density at radius 3 is 2.58 bits per heavy atom. The van der Waals surface area contributed by atoms with Gasteiger partial charge >= 0.3 is 76.9 Å². The molecule has 0 amide bonds. The van der Waals surface area contributed by atoms with Crippen molar-refractivity contribution in [2.24, 2.45) is 0 Å². The second kappa shape index (κ2) is 2.79. The average Bonchev–Trinajstić information content (AvgIpc) is 2.44. The Balaban J connectivity index is 2.94. The van der Waals surface area contributed by atoms with Gasteiger partial charge in [0.1, 0.15) is 0 Å². The molecule has 1 aromatic heterocycles. The van der Waals surface area contributed by atoms with Crippen LogP contribution in [0.3, 0.4) is 0 Å². The van der Waals surface area contributed by atoms with Crippen LogP contribution in [0.1, 0.15) is 4.44 Å². The summed E-state index contributed by atoms with van der Waals surface area (Å²) < 4.78 is 2.33. The summed E-state index contributed by atoms with van der Waals surface area (Å²) in [5.41, 5.74) is 0. The Morgan fingerprint density at radius 1 is 1.25 bits per heavy atom. The third-order valence-electron chi connectivity index (χ3n) is 1.89. The first-order chi connectivity index (χ1) is 5.83. The minimum absolute atomic E-state index is 0.283. The van der Waals surface area contributed by atoms with Crippen molar-refractivity contribution >= 4 is 29.8 Å². The van der Waals surface area contributed by atoms with E-state index in [2.05, 4.69) is 17.8 Å². The van der Waals surface area contributed by atoms with Crippen molar-refractivity contribution in [2.45, 2.75) is 6.92 Å². The van der Waals surface area contributed by atoms with Crippen molar-refractivity contribution in [1.29, 1.82) is 0 Å². The first-order valence-corrected chi connectivity index (χ1v) is 5.40. The third kappa shape index (κ3) is 0.992. The van der Waals surface area contributed by atoms with Crippen molar-refractivity contribution in [2.75, 3.05) is 0 Å². The molecule has 0 saturated heterocycles. The van der Waals surface area contributed by atoms with E-state index in [1.165, 1.54) is 9.82 Å². The molecule has 1 heterocycles. The number of rotatable bonds is 0. The maximum absolute atomic E-state index is 7.01. The molecule has 0 aliphatic carbocycles. The van der Waals surface area contributed by atoms with E-state index in [0.29, 0.717) is 0 Å². The molecular formula is C10H7NSe. The minimum atomic E-state index is 0.283. The first-order valence-electron chi connectivity index (χ1n) is 3.68. The SMILES string of the molecule is [C-]#[N+]c1[se]c(C)c2ccccc12. The van der Waals surface area contributed by atoms with Gasteiger partial charge in [-0.1, -0.05) is 0 Å². The van der Waals surface area contributed by atoms with Crippen LogP contribution in [0.2, 0.25) is 0 Å². The molecular weight excluding hydrogens is 213 g/mol. The summed E-state index contributed by atoms with van der Waals surface area (Å²) in [4.78, 5) is 3.55. The summed E-state index contributed by atoms with van der Waals surface area (Å²) in [5, 5.41) is 2.44. The van der Waals surface area contributed by atoms with Gasteiger partial charge in [0, 0.05) is 0 Å². The standard InChI is InChI=1S/C10H7NSe/c1-7-8-5-3-4-6-9(8)10(11-2)12-7/h3-6H,1H3. The van der Waals surface area contributed by atoms with Crippen LogP contribution in [0, 0.1) is 13.5 Å². The Hall–Kier alpha value is -1.03. The molecule has 0 N–H and O–H groups in total.